The fourth-order valence-electron chi connectivity index (χ4n) is 4.42. The molecule has 1 aromatic heterocycles. The molecular formula is C26H27F3N4O6S. The van der Waals surface area contributed by atoms with Crippen molar-refractivity contribution in [2.75, 3.05) is 36.9 Å². The molecule has 1 atom stereocenters. The zero-order valence-corrected chi connectivity index (χ0v) is 22.6. The van der Waals surface area contributed by atoms with E-state index in [1.807, 2.05) is 0 Å². The maximum Gasteiger partial charge on any atom is 0.407 e. The third-order valence-electron chi connectivity index (χ3n) is 6.55. The van der Waals surface area contributed by atoms with Gasteiger partial charge in [-0.3, -0.25) is 0 Å². The van der Waals surface area contributed by atoms with Crippen molar-refractivity contribution in [1.29, 1.82) is 0 Å². The van der Waals surface area contributed by atoms with Gasteiger partial charge >= 0.3 is 6.09 Å². The van der Waals surface area contributed by atoms with Gasteiger partial charge in [0.1, 0.15) is 23.1 Å². The van der Waals surface area contributed by atoms with Crippen molar-refractivity contribution in [3.63, 3.8) is 0 Å². The van der Waals surface area contributed by atoms with Crippen LogP contribution >= 0.6 is 0 Å². The third kappa shape index (κ3) is 5.71. The number of methoxy groups -OCH3 is 2. The topological polar surface area (TPSA) is 121 Å². The molecule has 0 aliphatic carbocycles. The Hall–Kier alpha value is -4.20. The molecule has 0 saturated carbocycles. The van der Waals surface area contributed by atoms with Gasteiger partial charge in [0.15, 0.2) is 10.7 Å². The van der Waals surface area contributed by atoms with Gasteiger partial charge in [0.25, 0.3) is 10.0 Å². The van der Waals surface area contributed by atoms with Crippen LogP contribution in [0.15, 0.2) is 47.4 Å². The van der Waals surface area contributed by atoms with E-state index < -0.39 is 57.0 Å². The van der Waals surface area contributed by atoms with Crippen molar-refractivity contribution in [2.24, 2.45) is 0 Å². The number of sulfonamides is 1. The summed E-state index contributed by atoms with van der Waals surface area (Å²) >= 11 is 0. The monoisotopic (exact) mass is 580 g/mol. The van der Waals surface area contributed by atoms with Gasteiger partial charge in [0.2, 0.25) is 5.95 Å². The van der Waals surface area contributed by atoms with Crippen molar-refractivity contribution in [1.82, 2.24) is 9.88 Å². The highest BCUT2D eigenvalue weighted by Gasteiger charge is 2.35. The summed E-state index contributed by atoms with van der Waals surface area (Å²) in [4.78, 5) is 14.8. The Kier molecular flexibility index (Phi) is 8.28. The number of benzene rings is 2. The number of likely N-dealkylation sites (tertiary alicyclic amines) is 1. The minimum atomic E-state index is -5.00. The molecule has 1 amide bonds. The molecular weight excluding hydrogens is 553 g/mol. The lowest BCUT2D eigenvalue weighted by Crippen LogP contribution is -2.33. The molecule has 3 aromatic rings. The first-order valence-electron chi connectivity index (χ1n) is 12.1. The molecule has 214 valence electrons. The highest BCUT2D eigenvalue weighted by molar-refractivity contribution is 7.92. The van der Waals surface area contributed by atoms with Crippen LogP contribution in [0.25, 0.3) is 0 Å². The molecule has 0 bridgehead atoms. The highest BCUT2D eigenvalue weighted by Crippen LogP contribution is 2.35. The van der Waals surface area contributed by atoms with E-state index in [0.717, 1.165) is 17.0 Å². The lowest BCUT2D eigenvalue weighted by atomic mass is 10.1. The number of carboxylic acid groups (broad SMARTS) is 1. The molecule has 14 heteroatoms. The van der Waals surface area contributed by atoms with Crippen LogP contribution in [0.5, 0.6) is 11.5 Å². The molecule has 2 heterocycles. The van der Waals surface area contributed by atoms with E-state index in [4.69, 9.17) is 14.6 Å². The van der Waals surface area contributed by atoms with Crippen LogP contribution in [0.1, 0.15) is 17.5 Å². The molecule has 1 aliphatic rings. The number of anilines is 2. The summed E-state index contributed by atoms with van der Waals surface area (Å²) in [5.74, 6) is -3.50. The predicted octanol–water partition coefficient (Wildman–Crippen LogP) is 4.38. The number of rotatable bonds is 9. The van der Waals surface area contributed by atoms with Gasteiger partial charge in [-0.2, -0.15) is 4.39 Å². The minimum absolute atomic E-state index is 0.0153. The number of amides is 1. The fraction of sp³-hybridized carbons (Fsp3) is 0.308. The number of hydrogen-bond acceptors (Lipinski definition) is 7. The number of pyridine rings is 1. The summed E-state index contributed by atoms with van der Waals surface area (Å²) in [5.41, 5.74) is 0.0827. The quantitative estimate of drug-likeness (QED) is 0.358. The van der Waals surface area contributed by atoms with Crippen LogP contribution in [0.3, 0.4) is 0 Å². The number of halogens is 3. The summed E-state index contributed by atoms with van der Waals surface area (Å²) in [6.07, 6.45) is -0.711. The predicted molar refractivity (Wildman–Crippen MR) is 140 cm³/mol. The van der Waals surface area contributed by atoms with E-state index in [1.54, 1.807) is 6.07 Å². The Balaban J connectivity index is 1.76. The number of carbonyl (C=O) groups is 1. The van der Waals surface area contributed by atoms with Gasteiger partial charge in [-0.15, -0.1) is 0 Å². The number of nitrogens with zero attached hydrogens (tertiary/aromatic N) is 3. The Morgan fingerprint density at radius 3 is 2.55 bits per heavy atom. The van der Waals surface area contributed by atoms with Gasteiger partial charge in [0, 0.05) is 42.0 Å². The largest absolute Gasteiger partial charge is 0.497 e. The average molecular weight is 581 g/mol. The molecule has 10 nitrogen and oxygen atoms in total. The summed E-state index contributed by atoms with van der Waals surface area (Å²) in [5, 5.41) is 12.1. The first-order chi connectivity index (χ1) is 19.0. The summed E-state index contributed by atoms with van der Waals surface area (Å²) in [7, 11) is -2.22. The molecule has 1 aliphatic heterocycles. The molecule has 0 spiro atoms. The van der Waals surface area contributed by atoms with Crippen molar-refractivity contribution in [3.8, 4) is 11.5 Å². The second-order valence-electron chi connectivity index (χ2n) is 9.04. The molecule has 1 fully saturated rings. The van der Waals surface area contributed by atoms with Crippen molar-refractivity contribution < 1.29 is 41.0 Å². The molecule has 0 radical (unpaired) electrons. The Bertz CT molecular complexity index is 1540. The summed E-state index contributed by atoms with van der Waals surface area (Å²) in [6.45, 7) is 1.11. The Labute approximate surface area is 229 Å². The number of ether oxygens (including phenoxy) is 2. The molecule has 1 saturated heterocycles. The molecule has 2 aromatic carbocycles. The third-order valence-corrected chi connectivity index (χ3v) is 8.34. The van der Waals surface area contributed by atoms with Crippen LogP contribution in [0, 0.1) is 24.5 Å². The minimum Gasteiger partial charge on any atom is -0.497 e. The van der Waals surface area contributed by atoms with E-state index in [0.29, 0.717) is 16.5 Å². The smallest absolute Gasteiger partial charge is 0.407 e. The lowest BCUT2D eigenvalue weighted by Gasteiger charge is -2.26. The second-order valence-corrected chi connectivity index (χ2v) is 10.8. The van der Waals surface area contributed by atoms with E-state index in [1.165, 1.54) is 45.4 Å². The number of aromatic nitrogens is 1. The lowest BCUT2D eigenvalue weighted by molar-refractivity contribution is 0.155. The van der Waals surface area contributed by atoms with Crippen molar-refractivity contribution >= 4 is 27.6 Å². The molecule has 4 rings (SSSR count). The average Bonchev–Trinajstić information content (AvgIpc) is 3.39. The van der Waals surface area contributed by atoms with Crippen LogP contribution in [-0.2, 0) is 16.6 Å². The zero-order chi connectivity index (χ0) is 29.2. The Morgan fingerprint density at radius 1 is 1.18 bits per heavy atom. The van der Waals surface area contributed by atoms with Crippen molar-refractivity contribution in [2.45, 2.75) is 30.8 Å². The van der Waals surface area contributed by atoms with Gasteiger partial charge < -0.3 is 24.8 Å². The van der Waals surface area contributed by atoms with Crippen LogP contribution < -0.4 is 19.1 Å². The van der Waals surface area contributed by atoms with Gasteiger partial charge in [-0.05, 0) is 43.7 Å². The van der Waals surface area contributed by atoms with E-state index >= 15 is 8.78 Å². The zero-order valence-electron chi connectivity index (χ0n) is 21.8. The van der Waals surface area contributed by atoms with Crippen LogP contribution in [0.2, 0.25) is 0 Å². The van der Waals surface area contributed by atoms with Gasteiger partial charge in [0.05, 0.1) is 20.8 Å². The SMILES string of the molecule is COc1ccc(CN(c2cccc(F)n2)S(=O)(=O)c2c(F)cc(NC3CCN(C(=O)O)C3)c(C)c2F)c(OC)c1. The maximum absolute atomic E-state index is 15.7. The number of hydrogen-bond donors (Lipinski definition) is 2. The van der Waals surface area contributed by atoms with Gasteiger partial charge in [-0.1, -0.05) is 6.07 Å². The fourth-order valence-corrected chi connectivity index (χ4v) is 5.99. The van der Waals surface area contributed by atoms with E-state index in [9.17, 15) is 17.6 Å². The highest BCUT2D eigenvalue weighted by atomic mass is 32.2. The first kappa shape index (κ1) is 28.8. The molecule has 40 heavy (non-hydrogen) atoms. The molecule has 2 N–H and O–H groups in total. The van der Waals surface area contributed by atoms with Crippen molar-refractivity contribution in [3.05, 3.63) is 71.2 Å². The summed E-state index contributed by atoms with van der Waals surface area (Å²) in [6, 6.07) is 8.39. The second kappa shape index (κ2) is 11.5. The maximum atomic E-state index is 15.7. The van der Waals surface area contributed by atoms with Gasteiger partial charge in [-0.25, -0.2) is 31.3 Å². The standard InChI is InChI=1S/C26H27F3N4O6S/c1-15-20(30-17-9-10-32(14-17)26(34)35)12-19(27)25(24(15)29)40(36,37)33(23-6-4-5-22(28)31-23)13-16-7-8-18(38-2)11-21(16)39-3/h4-8,11-12,17,30H,9-10,13-14H2,1-3H3,(H,34,35). The van der Waals surface area contributed by atoms with E-state index in [-0.39, 0.29) is 35.7 Å². The van der Waals surface area contributed by atoms with Crippen LogP contribution in [-0.4, -0.2) is 62.9 Å². The normalized spacial score (nSPS) is 15.2. The van der Waals surface area contributed by atoms with E-state index in [2.05, 4.69) is 10.3 Å². The van der Waals surface area contributed by atoms with Crippen LogP contribution in [0.4, 0.5) is 29.5 Å². The first-order valence-corrected chi connectivity index (χ1v) is 13.5. The summed E-state index contributed by atoms with van der Waals surface area (Å²) < 4.78 is 84.1. The Morgan fingerprint density at radius 2 is 1.93 bits per heavy atom. The number of nitrogens with one attached hydrogen (secondary N) is 1. The molecule has 1 unspecified atom stereocenters.